The standard InChI is InChI=1S/C10H13FO/c1-10(2,3)9-7(11)5-4-6-8(9)12/h4-6,12H,1-3H3. The van der Waals surface area contributed by atoms with Crippen LogP contribution < -0.4 is 0 Å². The lowest BCUT2D eigenvalue weighted by Crippen LogP contribution is -2.13. The molecule has 0 saturated carbocycles. The zero-order valence-electron chi connectivity index (χ0n) is 7.56. The zero-order valence-corrected chi connectivity index (χ0v) is 7.56. The average molecular weight is 168 g/mol. The molecule has 0 atom stereocenters. The van der Waals surface area contributed by atoms with E-state index in [4.69, 9.17) is 0 Å². The summed E-state index contributed by atoms with van der Waals surface area (Å²) < 4.78 is 13.2. The lowest BCUT2D eigenvalue weighted by atomic mass is 9.86. The van der Waals surface area contributed by atoms with E-state index < -0.39 is 0 Å². The number of benzene rings is 1. The van der Waals surface area contributed by atoms with E-state index in [0.717, 1.165) is 0 Å². The molecule has 0 aromatic heterocycles. The van der Waals surface area contributed by atoms with Crippen LogP contribution in [0.4, 0.5) is 4.39 Å². The zero-order chi connectivity index (χ0) is 9.35. The molecule has 0 bridgehead atoms. The molecule has 0 spiro atoms. The van der Waals surface area contributed by atoms with Gasteiger partial charge in [0.2, 0.25) is 0 Å². The quantitative estimate of drug-likeness (QED) is 0.631. The molecule has 12 heavy (non-hydrogen) atoms. The maximum Gasteiger partial charge on any atom is 0.130 e. The van der Waals surface area contributed by atoms with Gasteiger partial charge in [0.15, 0.2) is 0 Å². The van der Waals surface area contributed by atoms with Crippen LogP contribution in [0.15, 0.2) is 18.2 Å². The maximum atomic E-state index is 13.2. The van der Waals surface area contributed by atoms with E-state index >= 15 is 0 Å². The van der Waals surface area contributed by atoms with Crippen LogP contribution in [0.1, 0.15) is 26.3 Å². The van der Waals surface area contributed by atoms with Crippen molar-refractivity contribution in [2.24, 2.45) is 0 Å². The summed E-state index contributed by atoms with van der Waals surface area (Å²) in [4.78, 5) is 0. The molecule has 0 amide bonds. The van der Waals surface area contributed by atoms with Gasteiger partial charge in [-0.2, -0.15) is 0 Å². The average Bonchev–Trinajstić information content (AvgIpc) is 1.82. The molecule has 2 heteroatoms. The van der Waals surface area contributed by atoms with Crippen molar-refractivity contribution in [1.82, 2.24) is 0 Å². The molecule has 0 radical (unpaired) electrons. The molecular formula is C10H13FO. The number of phenols is 1. The smallest absolute Gasteiger partial charge is 0.130 e. The third-order valence-corrected chi connectivity index (χ3v) is 1.74. The van der Waals surface area contributed by atoms with Gasteiger partial charge in [-0.3, -0.25) is 0 Å². The van der Waals surface area contributed by atoms with Gasteiger partial charge in [-0.05, 0) is 17.5 Å². The summed E-state index contributed by atoms with van der Waals surface area (Å²) in [7, 11) is 0. The molecular weight excluding hydrogens is 155 g/mol. The van der Waals surface area contributed by atoms with E-state index in [2.05, 4.69) is 0 Å². The molecule has 0 aliphatic carbocycles. The first-order valence-electron chi connectivity index (χ1n) is 3.91. The predicted octanol–water partition coefficient (Wildman–Crippen LogP) is 2.83. The van der Waals surface area contributed by atoms with E-state index in [1.165, 1.54) is 18.2 Å². The number of rotatable bonds is 0. The number of halogens is 1. The summed E-state index contributed by atoms with van der Waals surface area (Å²) in [6.45, 7) is 5.60. The van der Waals surface area contributed by atoms with Gasteiger partial charge in [-0.25, -0.2) is 4.39 Å². The lowest BCUT2D eigenvalue weighted by molar-refractivity contribution is 0.429. The van der Waals surface area contributed by atoms with Gasteiger partial charge < -0.3 is 5.11 Å². The summed E-state index contributed by atoms with van der Waals surface area (Å²) in [5, 5.41) is 9.39. The van der Waals surface area contributed by atoms with Crippen molar-refractivity contribution >= 4 is 0 Å². The Labute approximate surface area is 71.9 Å². The molecule has 1 aromatic rings. The third kappa shape index (κ3) is 1.58. The molecule has 1 nitrogen and oxygen atoms in total. The van der Waals surface area contributed by atoms with Gasteiger partial charge in [0.1, 0.15) is 11.6 Å². The normalized spacial score (nSPS) is 11.7. The van der Waals surface area contributed by atoms with Gasteiger partial charge in [-0.1, -0.05) is 26.8 Å². The van der Waals surface area contributed by atoms with E-state index in [9.17, 15) is 9.50 Å². The number of hydrogen-bond donors (Lipinski definition) is 1. The number of phenolic OH excluding ortho intramolecular Hbond substituents is 1. The van der Waals surface area contributed by atoms with Crippen LogP contribution in [0.3, 0.4) is 0 Å². The summed E-state index contributed by atoms with van der Waals surface area (Å²) in [6.07, 6.45) is 0. The van der Waals surface area contributed by atoms with Gasteiger partial charge in [0, 0.05) is 5.56 Å². The second-order valence-electron chi connectivity index (χ2n) is 3.88. The van der Waals surface area contributed by atoms with E-state index in [1.54, 1.807) is 0 Å². The van der Waals surface area contributed by atoms with Crippen molar-refractivity contribution in [3.8, 4) is 5.75 Å². The minimum absolute atomic E-state index is 0.0301. The van der Waals surface area contributed by atoms with E-state index in [0.29, 0.717) is 5.56 Å². The summed E-state index contributed by atoms with van der Waals surface area (Å²) >= 11 is 0. The molecule has 1 aromatic carbocycles. The highest BCUT2D eigenvalue weighted by atomic mass is 19.1. The molecule has 66 valence electrons. The molecule has 0 aliphatic heterocycles. The van der Waals surface area contributed by atoms with E-state index in [1.807, 2.05) is 20.8 Å². The van der Waals surface area contributed by atoms with Crippen molar-refractivity contribution in [3.05, 3.63) is 29.6 Å². The van der Waals surface area contributed by atoms with Gasteiger partial charge in [-0.15, -0.1) is 0 Å². The number of aromatic hydroxyl groups is 1. The molecule has 0 fully saturated rings. The van der Waals surface area contributed by atoms with Crippen LogP contribution in [0.5, 0.6) is 5.75 Å². The topological polar surface area (TPSA) is 20.2 Å². The predicted molar refractivity (Wildman–Crippen MR) is 46.8 cm³/mol. The van der Waals surface area contributed by atoms with Crippen molar-refractivity contribution < 1.29 is 9.50 Å². The highest BCUT2D eigenvalue weighted by molar-refractivity contribution is 5.38. The van der Waals surface area contributed by atoms with E-state index in [-0.39, 0.29) is 17.0 Å². The summed E-state index contributed by atoms with van der Waals surface area (Å²) in [6, 6.07) is 4.36. The molecule has 0 saturated heterocycles. The Morgan fingerprint density at radius 2 is 1.83 bits per heavy atom. The molecule has 1 rings (SSSR count). The Morgan fingerprint density at radius 1 is 1.25 bits per heavy atom. The van der Waals surface area contributed by atoms with Crippen LogP contribution in [0.25, 0.3) is 0 Å². The van der Waals surface area contributed by atoms with Crippen LogP contribution in [-0.2, 0) is 5.41 Å². The van der Waals surface area contributed by atoms with Crippen LogP contribution in [0.2, 0.25) is 0 Å². The lowest BCUT2D eigenvalue weighted by Gasteiger charge is -2.20. The fourth-order valence-electron chi connectivity index (χ4n) is 1.26. The Kier molecular flexibility index (Phi) is 2.09. The molecule has 0 heterocycles. The van der Waals surface area contributed by atoms with Gasteiger partial charge >= 0.3 is 0 Å². The van der Waals surface area contributed by atoms with Gasteiger partial charge in [0.05, 0.1) is 0 Å². The Hall–Kier alpha value is -1.05. The van der Waals surface area contributed by atoms with Crippen molar-refractivity contribution in [2.75, 3.05) is 0 Å². The SMILES string of the molecule is CC(C)(C)c1c(O)cccc1F. The summed E-state index contributed by atoms with van der Waals surface area (Å²) in [5.41, 5.74) is 0.0279. The Balaban J connectivity index is 3.31. The van der Waals surface area contributed by atoms with Crippen molar-refractivity contribution in [1.29, 1.82) is 0 Å². The van der Waals surface area contributed by atoms with Gasteiger partial charge in [0.25, 0.3) is 0 Å². The van der Waals surface area contributed by atoms with Crippen LogP contribution in [0, 0.1) is 5.82 Å². The number of hydrogen-bond acceptors (Lipinski definition) is 1. The minimum Gasteiger partial charge on any atom is -0.508 e. The second-order valence-corrected chi connectivity index (χ2v) is 3.88. The largest absolute Gasteiger partial charge is 0.508 e. The highest BCUT2D eigenvalue weighted by Gasteiger charge is 2.21. The monoisotopic (exact) mass is 168 g/mol. The first-order chi connectivity index (χ1) is 5.43. The molecule has 1 N–H and O–H groups in total. The fourth-order valence-corrected chi connectivity index (χ4v) is 1.26. The van der Waals surface area contributed by atoms with Crippen molar-refractivity contribution in [3.63, 3.8) is 0 Å². The van der Waals surface area contributed by atoms with Crippen LogP contribution in [-0.4, -0.2) is 5.11 Å². The Morgan fingerprint density at radius 3 is 2.17 bits per heavy atom. The Bertz CT molecular complexity index is 266. The molecule has 0 unspecified atom stereocenters. The first-order valence-corrected chi connectivity index (χ1v) is 3.91. The minimum atomic E-state index is -0.352. The summed E-state index contributed by atoms with van der Waals surface area (Å²) in [5.74, 6) is -0.315. The highest BCUT2D eigenvalue weighted by Crippen LogP contribution is 2.32. The second kappa shape index (κ2) is 2.77. The van der Waals surface area contributed by atoms with Crippen molar-refractivity contribution in [2.45, 2.75) is 26.2 Å². The third-order valence-electron chi connectivity index (χ3n) is 1.74. The molecule has 0 aliphatic rings. The van der Waals surface area contributed by atoms with Crippen LogP contribution >= 0.6 is 0 Å². The maximum absolute atomic E-state index is 13.2. The first kappa shape index (κ1) is 9.04. The fraction of sp³-hybridized carbons (Fsp3) is 0.400.